The van der Waals surface area contributed by atoms with Crippen LogP contribution in [0.2, 0.25) is 0 Å². The van der Waals surface area contributed by atoms with E-state index in [1.54, 1.807) is 0 Å². The highest BCUT2D eigenvalue weighted by atomic mass is 35.5. The SMILES string of the molecule is CC(CC(=O)Nc1ccc2c(c1)OC(F)(F)O2)C1CCCNC1.Cl. The van der Waals surface area contributed by atoms with Crippen LogP contribution in [0.3, 0.4) is 0 Å². The summed E-state index contributed by atoms with van der Waals surface area (Å²) in [6, 6.07) is 4.23. The van der Waals surface area contributed by atoms with Gasteiger partial charge < -0.3 is 20.1 Å². The average molecular weight is 363 g/mol. The minimum atomic E-state index is -3.65. The van der Waals surface area contributed by atoms with E-state index in [1.807, 2.05) is 0 Å². The number of amides is 1. The summed E-state index contributed by atoms with van der Waals surface area (Å²) in [6.45, 7) is 4.04. The molecule has 0 spiro atoms. The fourth-order valence-corrected chi connectivity index (χ4v) is 3.06. The third kappa shape index (κ3) is 4.48. The molecule has 1 amide bonds. The average Bonchev–Trinajstić information content (AvgIpc) is 2.81. The third-order valence-corrected chi connectivity index (χ3v) is 4.33. The molecular formula is C16H21ClF2N2O3. The molecule has 3 rings (SSSR count). The number of hydrogen-bond donors (Lipinski definition) is 2. The molecule has 1 fully saturated rings. The van der Waals surface area contributed by atoms with Crippen LogP contribution in [0.4, 0.5) is 14.5 Å². The van der Waals surface area contributed by atoms with Crippen molar-refractivity contribution >= 4 is 24.0 Å². The fourth-order valence-electron chi connectivity index (χ4n) is 3.06. The van der Waals surface area contributed by atoms with E-state index in [4.69, 9.17) is 0 Å². The summed E-state index contributed by atoms with van der Waals surface area (Å²) >= 11 is 0. The lowest BCUT2D eigenvalue weighted by molar-refractivity contribution is -0.286. The maximum absolute atomic E-state index is 13.0. The maximum atomic E-state index is 13.0. The van der Waals surface area contributed by atoms with E-state index in [9.17, 15) is 13.6 Å². The smallest absolute Gasteiger partial charge is 0.395 e. The fraction of sp³-hybridized carbons (Fsp3) is 0.562. The Morgan fingerprint density at radius 3 is 2.88 bits per heavy atom. The van der Waals surface area contributed by atoms with Crippen molar-refractivity contribution in [3.8, 4) is 11.5 Å². The van der Waals surface area contributed by atoms with Gasteiger partial charge in [-0.15, -0.1) is 21.2 Å². The molecule has 2 aliphatic rings. The summed E-state index contributed by atoms with van der Waals surface area (Å²) in [4.78, 5) is 12.1. The highest BCUT2D eigenvalue weighted by molar-refractivity contribution is 5.91. The number of halogens is 3. The first kappa shape index (κ1) is 18.7. The second kappa shape index (κ2) is 7.53. The Morgan fingerprint density at radius 1 is 1.42 bits per heavy atom. The third-order valence-electron chi connectivity index (χ3n) is 4.33. The van der Waals surface area contributed by atoms with Crippen molar-refractivity contribution in [1.82, 2.24) is 5.32 Å². The van der Waals surface area contributed by atoms with Gasteiger partial charge in [-0.3, -0.25) is 4.79 Å². The molecule has 8 heteroatoms. The number of ether oxygens (including phenoxy) is 2. The van der Waals surface area contributed by atoms with Crippen molar-refractivity contribution in [2.45, 2.75) is 32.5 Å². The zero-order chi connectivity index (χ0) is 16.4. The molecule has 1 aromatic rings. The Labute approximate surface area is 145 Å². The molecule has 1 aromatic carbocycles. The summed E-state index contributed by atoms with van der Waals surface area (Å²) < 4.78 is 34.6. The van der Waals surface area contributed by atoms with Crippen LogP contribution < -0.4 is 20.1 Å². The van der Waals surface area contributed by atoms with Crippen molar-refractivity contribution in [2.24, 2.45) is 11.8 Å². The topological polar surface area (TPSA) is 59.6 Å². The van der Waals surface area contributed by atoms with Crippen LogP contribution in [-0.4, -0.2) is 25.3 Å². The zero-order valence-corrected chi connectivity index (χ0v) is 14.1. The minimum absolute atomic E-state index is 0. The van der Waals surface area contributed by atoms with Gasteiger partial charge in [0.25, 0.3) is 0 Å². The van der Waals surface area contributed by atoms with Gasteiger partial charge in [0.05, 0.1) is 0 Å². The summed E-state index contributed by atoms with van der Waals surface area (Å²) in [6.07, 6.45) is -0.988. The van der Waals surface area contributed by atoms with Crippen molar-refractivity contribution in [3.63, 3.8) is 0 Å². The lowest BCUT2D eigenvalue weighted by atomic mass is 9.85. The molecule has 0 aromatic heterocycles. The van der Waals surface area contributed by atoms with E-state index in [0.29, 0.717) is 18.0 Å². The van der Waals surface area contributed by atoms with E-state index >= 15 is 0 Å². The zero-order valence-electron chi connectivity index (χ0n) is 13.3. The van der Waals surface area contributed by atoms with Crippen LogP contribution in [-0.2, 0) is 4.79 Å². The number of anilines is 1. The highest BCUT2D eigenvalue weighted by Crippen LogP contribution is 2.42. The predicted octanol–water partition coefficient (Wildman–Crippen LogP) is 3.39. The van der Waals surface area contributed by atoms with Crippen LogP contribution in [0, 0.1) is 11.8 Å². The molecule has 5 nitrogen and oxygen atoms in total. The Kier molecular flexibility index (Phi) is 5.87. The van der Waals surface area contributed by atoms with E-state index in [0.717, 1.165) is 25.9 Å². The monoisotopic (exact) mass is 362 g/mol. The molecule has 0 bridgehead atoms. The summed E-state index contributed by atoms with van der Waals surface area (Å²) in [5.41, 5.74) is 0.420. The van der Waals surface area contributed by atoms with E-state index in [1.165, 1.54) is 18.2 Å². The number of carbonyl (C=O) groups excluding carboxylic acids is 1. The highest BCUT2D eigenvalue weighted by Gasteiger charge is 2.43. The number of piperidine rings is 1. The van der Waals surface area contributed by atoms with Crippen molar-refractivity contribution in [1.29, 1.82) is 0 Å². The van der Waals surface area contributed by atoms with E-state index < -0.39 is 6.29 Å². The van der Waals surface area contributed by atoms with Gasteiger partial charge >= 0.3 is 6.29 Å². The second-order valence-corrected chi connectivity index (χ2v) is 6.17. The van der Waals surface area contributed by atoms with Gasteiger partial charge in [-0.05, 0) is 49.9 Å². The molecule has 1 saturated heterocycles. The predicted molar refractivity (Wildman–Crippen MR) is 87.9 cm³/mol. The number of benzene rings is 1. The number of nitrogens with one attached hydrogen (secondary N) is 2. The number of alkyl halides is 2. The van der Waals surface area contributed by atoms with Crippen molar-refractivity contribution in [3.05, 3.63) is 18.2 Å². The molecule has 134 valence electrons. The quantitative estimate of drug-likeness (QED) is 0.862. The molecule has 24 heavy (non-hydrogen) atoms. The molecule has 0 radical (unpaired) electrons. The minimum Gasteiger partial charge on any atom is -0.395 e. The van der Waals surface area contributed by atoms with Crippen LogP contribution in [0.5, 0.6) is 11.5 Å². The number of fused-ring (bicyclic) bond motifs is 1. The first-order chi connectivity index (χ1) is 10.9. The molecule has 2 atom stereocenters. The molecule has 2 heterocycles. The Morgan fingerprint density at radius 2 is 2.17 bits per heavy atom. The molecule has 2 N–H and O–H groups in total. The second-order valence-electron chi connectivity index (χ2n) is 6.17. The van der Waals surface area contributed by atoms with Crippen LogP contribution in [0.15, 0.2) is 18.2 Å². The Balaban J connectivity index is 0.00000208. The lowest BCUT2D eigenvalue weighted by Crippen LogP contribution is -2.34. The largest absolute Gasteiger partial charge is 0.586 e. The van der Waals surface area contributed by atoms with Gasteiger partial charge in [-0.1, -0.05) is 6.92 Å². The summed E-state index contributed by atoms with van der Waals surface area (Å²) in [7, 11) is 0. The van der Waals surface area contributed by atoms with Gasteiger partial charge in [0.1, 0.15) is 0 Å². The van der Waals surface area contributed by atoms with E-state index in [-0.39, 0.29) is 35.7 Å². The normalized spacial score (nSPS) is 22.4. The molecular weight excluding hydrogens is 342 g/mol. The van der Waals surface area contributed by atoms with Gasteiger partial charge in [0, 0.05) is 18.2 Å². The summed E-state index contributed by atoms with van der Waals surface area (Å²) in [5, 5.41) is 6.07. The summed E-state index contributed by atoms with van der Waals surface area (Å²) in [5.74, 6) is 0.520. The number of carbonyl (C=O) groups is 1. The molecule has 0 saturated carbocycles. The Hall–Kier alpha value is -1.60. The molecule has 2 aliphatic heterocycles. The van der Waals surface area contributed by atoms with Gasteiger partial charge in [-0.2, -0.15) is 0 Å². The van der Waals surface area contributed by atoms with Crippen LogP contribution in [0.25, 0.3) is 0 Å². The van der Waals surface area contributed by atoms with Crippen LogP contribution in [0.1, 0.15) is 26.2 Å². The van der Waals surface area contributed by atoms with Crippen LogP contribution >= 0.6 is 12.4 Å². The van der Waals surface area contributed by atoms with E-state index in [2.05, 4.69) is 27.0 Å². The maximum Gasteiger partial charge on any atom is 0.586 e. The lowest BCUT2D eigenvalue weighted by Gasteiger charge is -2.28. The van der Waals surface area contributed by atoms with Crippen molar-refractivity contribution in [2.75, 3.05) is 18.4 Å². The number of hydrogen-bond acceptors (Lipinski definition) is 4. The molecule has 2 unspecified atom stereocenters. The van der Waals surface area contributed by atoms with Crippen molar-refractivity contribution < 1.29 is 23.0 Å². The molecule has 0 aliphatic carbocycles. The van der Waals surface area contributed by atoms with Gasteiger partial charge in [0.2, 0.25) is 5.91 Å². The van der Waals surface area contributed by atoms with Gasteiger partial charge in [0.15, 0.2) is 11.5 Å². The first-order valence-electron chi connectivity index (χ1n) is 7.83. The first-order valence-corrected chi connectivity index (χ1v) is 7.83. The number of rotatable bonds is 4. The Bertz CT molecular complexity index is 595. The van der Waals surface area contributed by atoms with Gasteiger partial charge in [-0.25, -0.2) is 0 Å². The standard InChI is InChI=1S/C16H20F2N2O3.ClH/c1-10(11-3-2-6-19-9-11)7-15(21)20-12-4-5-13-14(8-12)23-16(17,18)22-13;/h4-5,8,10-11,19H,2-3,6-7,9H2,1H3,(H,20,21);1H.